The predicted molar refractivity (Wildman–Crippen MR) is 99.2 cm³/mol. The van der Waals surface area contributed by atoms with Crippen LogP contribution in [-0.4, -0.2) is 37.1 Å². The minimum atomic E-state index is 0.0316. The Kier molecular flexibility index (Phi) is 6.85. The number of carbonyl (C=O) groups is 1. The van der Waals surface area contributed by atoms with Crippen molar-refractivity contribution in [1.82, 2.24) is 4.90 Å². The Labute approximate surface area is 147 Å². The molecule has 1 unspecified atom stereocenters. The Bertz CT molecular complexity index is 521. The molecule has 3 nitrogen and oxygen atoms in total. The molecule has 134 valence electrons. The number of amides is 1. The molecule has 1 aliphatic heterocycles. The maximum atomic E-state index is 12.6. The van der Waals surface area contributed by atoms with Gasteiger partial charge in [-0.25, -0.2) is 0 Å². The SMILES string of the molecule is CCOCC1CCCN(C(=O)CCC(C)(C)c2ccc(C)cc2)C1. The summed E-state index contributed by atoms with van der Waals surface area (Å²) >= 11 is 0. The van der Waals surface area contributed by atoms with Crippen LogP contribution in [-0.2, 0) is 14.9 Å². The molecule has 2 rings (SSSR count). The van der Waals surface area contributed by atoms with E-state index in [-0.39, 0.29) is 5.41 Å². The number of piperidine rings is 1. The minimum Gasteiger partial charge on any atom is -0.381 e. The molecule has 0 aliphatic carbocycles. The number of benzene rings is 1. The van der Waals surface area contributed by atoms with Crippen LogP contribution in [0.3, 0.4) is 0 Å². The summed E-state index contributed by atoms with van der Waals surface area (Å²) in [5.41, 5.74) is 2.62. The van der Waals surface area contributed by atoms with Gasteiger partial charge >= 0.3 is 0 Å². The molecule has 0 aromatic heterocycles. The van der Waals surface area contributed by atoms with Crippen LogP contribution < -0.4 is 0 Å². The van der Waals surface area contributed by atoms with Crippen molar-refractivity contribution in [2.75, 3.05) is 26.3 Å². The number of hydrogen-bond donors (Lipinski definition) is 0. The molecular weight excluding hydrogens is 298 g/mol. The van der Waals surface area contributed by atoms with E-state index in [1.165, 1.54) is 17.5 Å². The number of ether oxygens (including phenoxy) is 1. The van der Waals surface area contributed by atoms with Crippen molar-refractivity contribution in [1.29, 1.82) is 0 Å². The van der Waals surface area contributed by atoms with Gasteiger partial charge in [0.05, 0.1) is 6.61 Å². The summed E-state index contributed by atoms with van der Waals surface area (Å²) in [4.78, 5) is 14.7. The first-order valence-corrected chi connectivity index (χ1v) is 9.35. The topological polar surface area (TPSA) is 29.5 Å². The monoisotopic (exact) mass is 331 g/mol. The summed E-state index contributed by atoms with van der Waals surface area (Å²) in [6.07, 6.45) is 3.80. The standard InChI is InChI=1S/C21H33NO2/c1-5-24-16-18-7-6-14-22(15-18)20(23)12-13-21(3,4)19-10-8-17(2)9-11-19/h8-11,18H,5-7,12-16H2,1-4H3. The summed E-state index contributed by atoms with van der Waals surface area (Å²) in [5.74, 6) is 0.809. The van der Waals surface area contributed by atoms with Crippen LogP contribution in [0.25, 0.3) is 0 Å². The van der Waals surface area contributed by atoms with E-state index in [1.54, 1.807) is 0 Å². The second-order valence-electron chi connectivity index (χ2n) is 7.76. The van der Waals surface area contributed by atoms with E-state index in [4.69, 9.17) is 4.74 Å². The fourth-order valence-electron chi connectivity index (χ4n) is 3.44. The number of carbonyl (C=O) groups excluding carboxylic acids is 1. The highest BCUT2D eigenvalue weighted by atomic mass is 16.5. The molecule has 1 saturated heterocycles. The molecule has 0 spiro atoms. The number of aryl methyl sites for hydroxylation is 1. The summed E-state index contributed by atoms with van der Waals surface area (Å²) in [6.45, 7) is 11.9. The summed E-state index contributed by atoms with van der Waals surface area (Å²) in [7, 11) is 0. The highest BCUT2D eigenvalue weighted by Gasteiger charge is 2.26. The molecule has 1 aromatic rings. The third kappa shape index (κ3) is 5.34. The van der Waals surface area contributed by atoms with Gasteiger partial charge in [0.25, 0.3) is 0 Å². The third-order valence-corrected chi connectivity index (χ3v) is 5.23. The Morgan fingerprint density at radius 2 is 2.00 bits per heavy atom. The minimum absolute atomic E-state index is 0.0316. The first-order chi connectivity index (χ1) is 11.4. The molecule has 0 bridgehead atoms. The van der Waals surface area contributed by atoms with Crippen molar-refractivity contribution in [3.63, 3.8) is 0 Å². The largest absolute Gasteiger partial charge is 0.381 e. The Morgan fingerprint density at radius 3 is 2.67 bits per heavy atom. The molecule has 0 radical (unpaired) electrons. The Morgan fingerprint density at radius 1 is 1.29 bits per heavy atom. The number of rotatable bonds is 7. The molecule has 1 atom stereocenters. The molecule has 1 aromatic carbocycles. The van der Waals surface area contributed by atoms with Crippen molar-refractivity contribution in [3.05, 3.63) is 35.4 Å². The van der Waals surface area contributed by atoms with Crippen LogP contribution >= 0.6 is 0 Å². The molecule has 1 amide bonds. The third-order valence-electron chi connectivity index (χ3n) is 5.23. The first kappa shape index (κ1) is 19.0. The van der Waals surface area contributed by atoms with E-state index in [0.717, 1.165) is 39.1 Å². The van der Waals surface area contributed by atoms with Crippen molar-refractivity contribution in [3.8, 4) is 0 Å². The van der Waals surface area contributed by atoms with E-state index in [1.807, 2.05) is 6.92 Å². The van der Waals surface area contributed by atoms with Gasteiger partial charge in [0.15, 0.2) is 0 Å². The van der Waals surface area contributed by atoms with Crippen LogP contribution in [0.15, 0.2) is 24.3 Å². The maximum absolute atomic E-state index is 12.6. The van der Waals surface area contributed by atoms with Gasteiger partial charge in [-0.05, 0) is 50.0 Å². The van der Waals surface area contributed by atoms with Crippen LogP contribution in [0.5, 0.6) is 0 Å². The summed E-state index contributed by atoms with van der Waals surface area (Å²) in [6, 6.07) is 8.70. The van der Waals surface area contributed by atoms with Gasteiger partial charge in [-0.2, -0.15) is 0 Å². The van der Waals surface area contributed by atoms with Crippen molar-refractivity contribution in [2.24, 2.45) is 5.92 Å². The summed E-state index contributed by atoms with van der Waals surface area (Å²) in [5, 5.41) is 0. The molecule has 0 saturated carbocycles. The van der Waals surface area contributed by atoms with Crippen LogP contribution in [0.4, 0.5) is 0 Å². The zero-order valence-corrected chi connectivity index (χ0v) is 15.8. The molecule has 3 heteroatoms. The first-order valence-electron chi connectivity index (χ1n) is 9.35. The van der Waals surface area contributed by atoms with E-state index < -0.39 is 0 Å². The Hall–Kier alpha value is -1.35. The second-order valence-corrected chi connectivity index (χ2v) is 7.76. The van der Waals surface area contributed by atoms with Gasteiger partial charge < -0.3 is 9.64 Å². The predicted octanol–water partition coefficient (Wildman–Crippen LogP) is 4.33. The fraction of sp³-hybridized carbons (Fsp3) is 0.667. The maximum Gasteiger partial charge on any atom is 0.222 e. The Balaban J connectivity index is 1.86. The van der Waals surface area contributed by atoms with Crippen LogP contribution in [0.2, 0.25) is 0 Å². The molecule has 24 heavy (non-hydrogen) atoms. The molecular formula is C21H33NO2. The second kappa shape index (κ2) is 8.66. The normalized spacial score (nSPS) is 18.7. The number of hydrogen-bond acceptors (Lipinski definition) is 2. The van der Waals surface area contributed by atoms with Gasteiger partial charge in [0.2, 0.25) is 5.91 Å². The van der Waals surface area contributed by atoms with Gasteiger partial charge in [-0.3, -0.25) is 4.79 Å². The highest BCUT2D eigenvalue weighted by molar-refractivity contribution is 5.76. The van der Waals surface area contributed by atoms with Crippen LogP contribution in [0.1, 0.15) is 57.6 Å². The summed E-state index contributed by atoms with van der Waals surface area (Å²) < 4.78 is 5.54. The molecule has 1 fully saturated rings. The van der Waals surface area contributed by atoms with Crippen LogP contribution in [0, 0.1) is 12.8 Å². The lowest BCUT2D eigenvalue weighted by Crippen LogP contribution is -2.41. The zero-order chi connectivity index (χ0) is 17.6. The highest BCUT2D eigenvalue weighted by Crippen LogP contribution is 2.29. The van der Waals surface area contributed by atoms with Gasteiger partial charge in [-0.1, -0.05) is 43.7 Å². The number of likely N-dealkylation sites (tertiary alicyclic amines) is 1. The molecule has 0 N–H and O–H groups in total. The zero-order valence-electron chi connectivity index (χ0n) is 15.8. The lowest BCUT2D eigenvalue weighted by molar-refractivity contribution is -0.133. The fourth-order valence-corrected chi connectivity index (χ4v) is 3.44. The van der Waals surface area contributed by atoms with E-state index in [9.17, 15) is 4.79 Å². The average molecular weight is 332 g/mol. The smallest absolute Gasteiger partial charge is 0.222 e. The van der Waals surface area contributed by atoms with Gasteiger partial charge in [-0.15, -0.1) is 0 Å². The van der Waals surface area contributed by atoms with E-state index in [0.29, 0.717) is 18.2 Å². The molecule has 1 aliphatic rings. The van der Waals surface area contributed by atoms with Gasteiger partial charge in [0.1, 0.15) is 0 Å². The van der Waals surface area contributed by atoms with Crippen molar-refractivity contribution >= 4 is 5.91 Å². The van der Waals surface area contributed by atoms with E-state index >= 15 is 0 Å². The average Bonchev–Trinajstić information content (AvgIpc) is 2.58. The lowest BCUT2D eigenvalue weighted by atomic mass is 9.80. The van der Waals surface area contributed by atoms with Crippen molar-refractivity contribution < 1.29 is 9.53 Å². The molecule has 1 heterocycles. The number of nitrogens with zero attached hydrogens (tertiary/aromatic N) is 1. The quantitative estimate of drug-likeness (QED) is 0.744. The van der Waals surface area contributed by atoms with Gasteiger partial charge in [0, 0.05) is 26.1 Å². The van der Waals surface area contributed by atoms with Crippen molar-refractivity contribution in [2.45, 2.75) is 58.8 Å². The lowest BCUT2D eigenvalue weighted by Gasteiger charge is -2.34. The van der Waals surface area contributed by atoms with E-state index in [2.05, 4.69) is 49.9 Å².